The Bertz CT molecular complexity index is 1460. The van der Waals surface area contributed by atoms with E-state index in [-0.39, 0.29) is 22.8 Å². The molecule has 0 bridgehead atoms. The molecule has 1 fully saturated rings. The number of furan rings is 1. The maximum atomic E-state index is 13.3. The first-order chi connectivity index (χ1) is 16.8. The van der Waals surface area contributed by atoms with Crippen molar-refractivity contribution in [2.24, 2.45) is 0 Å². The molecule has 9 nitrogen and oxygen atoms in total. The normalized spacial score (nSPS) is 17.4. The number of fused-ring (bicyclic) bond motifs is 1. The van der Waals surface area contributed by atoms with Crippen LogP contribution in [0.3, 0.4) is 0 Å². The van der Waals surface area contributed by atoms with Gasteiger partial charge in [0.1, 0.15) is 17.6 Å². The number of hydrogen-bond donors (Lipinski definition) is 2. The van der Waals surface area contributed by atoms with Crippen LogP contribution in [-0.2, 0) is 9.59 Å². The topological polar surface area (TPSA) is 118 Å². The number of aromatic amines is 1. The number of aromatic nitrogens is 2. The number of amides is 1. The van der Waals surface area contributed by atoms with Crippen LogP contribution in [-0.4, -0.2) is 41.0 Å². The highest BCUT2D eigenvalue weighted by Crippen LogP contribution is 2.42. The number of aliphatic hydroxyl groups excluding tert-OH is 1. The lowest BCUT2D eigenvalue weighted by molar-refractivity contribution is -0.132. The van der Waals surface area contributed by atoms with Crippen molar-refractivity contribution in [2.45, 2.75) is 19.9 Å². The van der Waals surface area contributed by atoms with Gasteiger partial charge in [0.25, 0.3) is 5.78 Å². The maximum absolute atomic E-state index is 13.3. The average molecular weight is 473 g/mol. The van der Waals surface area contributed by atoms with Crippen LogP contribution in [0, 0.1) is 13.8 Å². The fourth-order valence-electron chi connectivity index (χ4n) is 4.28. The number of hydrogen-bond acceptors (Lipinski definition) is 7. The summed E-state index contributed by atoms with van der Waals surface area (Å²) in [6.07, 6.45) is 1.44. The summed E-state index contributed by atoms with van der Waals surface area (Å²) >= 11 is 0. The third kappa shape index (κ3) is 3.52. The minimum atomic E-state index is -1.03. The predicted octanol–water partition coefficient (Wildman–Crippen LogP) is 4.42. The van der Waals surface area contributed by atoms with Gasteiger partial charge in [-0.25, -0.2) is 4.98 Å². The van der Waals surface area contributed by atoms with Gasteiger partial charge in [-0.3, -0.25) is 14.5 Å². The molecule has 1 amide bonds. The van der Waals surface area contributed by atoms with Crippen LogP contribution >= 0.6 is 0 Å². The molecule has 0 spiro atoms. The highest BCUT2D eigenvalue weighted by Gasteiger charge is 2.49. The van der Waals surface area contributed by atoms with E-state index in [1.54, 1.807) is 24.3 Å². The summed E-state index contributed by atoms with van der Waals surface area (Å²) in [6.45, 7) is 3.95. The van der Waals surface area contributed by atoms with Crippen LogP contribution in [0.1, 0.15) is 28.5 Å². The third-order valence-corrected chi connectivity index (χ3v) is 6.23. The SMILES string of the molecule is COc1ccc(/C(O)=C2\C(=O)C(=O)N(c3nc4cc(C)c(C)cc4[nH]3)C2c2ccco2)cc1OC. The molecule has 1 saturated heterocycles. The maximum Gasteiger partial charge on any atom is 0.302 e. The molecular weight excluding hydrogens is 450 g/mol. The molecule has 0 radical (unpaired) electrons. The molecule has 178 valence electrons. The smallest absolute Gasteiger partial charge is 0.302 e. The lowest BCUT2D eigenvalue weighted by Gasteiger charge is -2.20. The van der Waals surface area contributed by atoms with Crippen molar-refractivity contribution in [1.82, 2.24) is 9.97 Å². The number of Topliss-reactive ketones (excluding diaryl/α,β-unsaturated/α-hetero) is 1. The first-order valence-corrected chi connectivity index (χ1v) is 10.9. The van der Waals surface area contributed by atoms with Gasteiger partial charge in [0.2, 0.25) is 5.95 Å². The number of anilines is 1. The zero-order chi connectivity index (χ0) is 24.9. The Morgan fingerprint density at radius 1 is 1.06 bits per heavy atom. The molecule has 1 aliphatic heterocycles. The van der Waals surface area contributed by atoms with Crippen molar-refractivity contribution in [3.8, 4) is 11.5 Å². The number of carbonyl (C=O) groups is 2. The zero-order valence-corrected chi connectivity index (χ0v) is 19.6. The Hall–Kier alpha value is -4.53. The number of benzene rings is 2. The lowest BCUT2D eigenvalue weighted by atomic mass is 9.99. The second kappa shape index (κ2) is 8.35. The summed E-state index contributed by atoms with van der Waals surface area (Å²) in [6, 6.07) is 10.8. The summed E-state index contributed by atoms with van der Waals surface area (Å²) in [5, 5.41) is 11.2. The van der Waals surface area contributed by atoms with E-state index in [0.29, 0.717) is 22.8 Å². The van der Waals surface area contributed by atoms with Crippen LogP contribution in [0.25, 0.3) is 16.8 Å². The van der Waals surface area contributed by atoms with E-state index in [1.807, 2.05) is 26.0 Å². The molecule has 5 rings (SSSR count). The number of aliphatic hydroxyl groups is 1. The highest BCUT2D eigenvalue weighted by atomic mass is 16.5. The number of carbonyl (C=O) groups excluding carboxylic acids is 2. The fourth-order valence-corrected chi connectivity index (χ4v) is 4.28. The van der Waals surface area contributed by atoms with Crippen molar-refractivity contribution in [3.05, 3.63) is 76.8 Å². The van der Waals surface area contributed by atoms with Crippen LogP contribution in [0.5, 0.6) is 11.5 Å². The van der Waals surface area contributed by atoms with Gasteiger partial charge in [0.05, 0.1) is 37.1 Å². The summed E-state index contributed by atoms with van der Waals surface area (Å²) < 4.78 is 16.2. The minimum absolute atomic E-state index is 0.120. The first kappa shape index (κ1) is 22.3. The van der Waals surface area contributed by atoms with Gasteiger partial charge in [-0.05, 0) is 67.4 Å². The highest BCUT2D eigenvalue weighted by molar-refractivity contribution is 6.51. The van der Waals surface area contributed by atoms with E-state index in [4.69, 9.17) is 13.9 Å². The van der Waals surface area contributed by atoms with E-state index in [9.17, 15) is 14.7 Å². The molecule has 2 aromatic carbocycles. The zero-order valence-electron chi connectivity index (χ0n) is 19.6. The summed E-state index contributed by atoms with van der Waals surface area (Å²) in [5.74, 6) is -0.745. The standard InChI is InChI=1S/C26H23N3O6/c1-13-10-16-17(11-14(13)2)28-26(27-16)29-22(19-6-5-9-35-19)21(24(31)25(29)32)23(30)15-7-8-18(33-3)20(12-15)34-4/h5-12,22,30H,1-4H3,(H,27,28)/b23-21+. The summed E-state index contributed by atoms with van der Waals surface area (Å²) in [4.78, 5) is 35.5. The molecule has 1 unspecified atom stereocenters. The van der Waals surface area contributed by atoms with Crippen molar-refractivity contribution < 1.29 is 28.6 Å². The quantitative estimate of drug-likeness (QED) is 0.250. The van der Waals surface area contributed by atoms with Crippen LogP contribution in [0.4, 0.5) is 5.95 Å². The van der Waals surface area contributed by atoms with Gasteiger partial charge >= 0.3 is 5.91 Å². The minimum Gasteiger partial charge on any atom is -0.507 e. The average Bonchev–Trinajstić information content (AvgIpc) is 3.57. The van der Waals surface area contributed by atoms with Crippen molar-refractivity contribution in [2.75, 3.05) is 19.1 Å². The van der Waals surface area contributed by atoms with Gasteiger partial charge in [-0.2, -0.15) is 0 Å². The van der Waals surface area contributed by atoms with Gasteiger partial charge in [0.15, 0.2) is 11.5 Å². The largest absolute Gasteiger partial charge is 0.507 e. The fraction of sp³-hybridized carbons (Fsp3) is 0.192. The number of methoxy groups -OCH3 is 2. The monoisotopic (exact) mass is 473 g/mol. The Balaban J connectivity index is 1.70. The number of ketones is 1. The van der Waals surface area contributed by atoms with Crippen molar-refractivity contribution in [3.63, 3.8) is 0 Å². The molecule has 0 aliphatic carbocycles. The molecule has 35 heavy (non-hydrogen) atoms. The van der Waals surface area contributed by atoms with E-state index < -0.39 is 17.7 Å². The molecule has 0 saturated carbocycles. The number of rotatable bonds is 5. The molecule has 2 aromatic heterocycles. The molecular formula is C26H23N3O6. The molecule has 2 N–H and O–H groups in total. The van der Waals surface area contributed by atoms with Gasteiger partial charge < -0.3 is 24.0 Å². The van der Waals surface area contributed by atoms with Crippen molar-refractivity contribution >= 4 is 34.4 Å². The number of nitrogens with zero attached hydrogens (tertiary/aromatic N) is 2. The van der Waals surface area contributed by atoms with Crippen LogP contribution in [0.15, 0.2) is 58.7 Å². The lowest BCUT2D eigenvalue weighted by Crippen LogP contribution is -2.30. The number of ether oxygens (including phenoxy) is 2. The van der Waals surface area contributed by atoms with E-state index in [2.05, 4.69) is 9.97 Å². The van der Waals surface area contributed by atoms with E-state index in [1.165, 1.54) is 31.4 Å². The Morgan fingerprint density at radius 2 is 1.80 bits per heavy atom. The predicted molar refractivity (Wildman–Crippen MR) is 129 cm³/mol. The second-order valence-corrected chi connectivity index (χ2v) is 8.27. The Morgan fingerprint density at radius 3 is 2.49 bits per heavy atom. The number of imidazole rings is 1. The summed E-state index contributed by atoms with van der Waals surface area (Å²) in [7, 11) is 2.96. The number of nitrogens with one attached hydrogen (secondary N) is 1. The molecule has 1 atom stereocenters. The molecule has 3 heterocycles. The molecule has 4 aromatic rings. The second-order valence-electron chi connectivity index (χ2n) is 8.27. The Labute approximate surface area is 200 Å². The van der Waals surface area contributed by atoms with E-state index >= 15 is 0 Å². The van der Waals surface area contributed by atoms with Gasteiger partial charge in [-0.1, -0.05) is 0 Å². The van der Waals surface area contributed by atoms with Crippen LogP contribution < -0.4 is 14.4 Å². The third-order valence-electron chi connectivity index (χ3n) is 6.23. The summed E-state index contributed by atoms with van der Waals surface area (Å²) in [5.41, 5.74) is 3.66. The van der Waals surface area contributed by atoms with Crippen LogP contribution in [0.2, 0.25) is 0 Å². The van der Waals surface area contributed by atoms with Crippen molar-refractivity contribution in [1.29, 1.82) is 0 Å². The number of H-pyrrole nitrogens is 1. The number of aryl methyl sites for hydroxylation is 2. The van der Waals surface area contributed by atoms with E-state index in [0.717, 1.165) is 16.6 Å². The Kier molecular flexibility index (Phi) is 5.32. The van der Waals surface area contributed by atoms with Gasteiger partial charge in [0, 0.05) is 5.56 Å². The first-order valence-electron chi connectivity index (χ1n) is 10.9. The molecule has 9 heteroatoms. The molecule has 1 aliphatic rings. The van der Waals surface area contributed by atoms with Gasteiger partial charge in [-0.15, -0.1) is 0 Å².